The average Bonchev–Trinajstić information content (AvgIpc) is 2.81. The Hall–Kier alpha value is -1.39. The number of thiophene rings is 1. The second-order valence-electron chi connectivity index (χ2n) is 4.25. The number of hydrogen-bond acceptors (Lipinski definition) is 2. The van der Waals surface area contributed by atoms with Gasteiger partial charge in [0.1, 0.15) is 5.82 Å². The highest BCUT2D eigenvalue weighted by molar-refractivity contribution is 7.09. The highest BCUT2D eigenvalue weighted by atomic mass is 35.5. The van der Waals surface area contributed by atoms with Crippen LogP contribution in [0.25, 0.3) is 0 Å². The van der Waals surface area contributed by atoms with Gasteiger partial charge in [-0.15, -0.1) is 11.3 Å². The molecule has 19 heavy (non-hydrogen) atoms. The van der Waals surface area contributed by atoms with E-state index in [1.807, 2.05) is 24.4 Å². The Kier molecular flexibility index (Phi) is 4.56. The molecular formula is C14H13ClFNOS. The number of carbonyl (C=O) groups is 1. The standard InChI is InChI=1S/C14H13ClFNOS/c1-9(8-10-4-3-7-19-10)17-14(18)13-11(15)5-2-6-12(13)16/h2-7,9H,8H2,1H3,(H,17,18)/t9-/m0/s1. The van der Waals surface area contributed by atoms with Crippen molar-refractivity contribution in [3.05, 3.63) is 57.0 Å². The van der Waals surface area contributed by atoms with E-state index in [0.717, 1.165) is 6.42 Å². The van der Waals surface area contributed by atoms with Crippen LogP contribution >= 0.6 is 22.9 Å². The van der Waals surface area contributed by atoms with Crippen molar-refractivity contribution < 1.29 is 9.18 Å². The summed E-state index contributed by atoms with van der Waals surface area (Å²) < 4.78 is 13.6. The van der Waals surface area contributed by atoms with E-state index < -0.39 is 11.7 Å². The normalized spacial score (nSPS) is 12.2. The molecule has 5 heteroatoms. The first kappa shape index (κ1) is 14.0. The molecule has 0 aliphatic carbocycles. The molecule has 1 N–H and O–H groups in total. The number of carbonyl (C=O) groups excluding carboxylic acids is 1. The lowest BCUT2D eigenvalue weighted by Gasteiger charge is -2.14. The topological polar surface area (TPSA) is 29.1 Å². The largest absolute Gasteiger partial charge is 0.349 e. The fourth-order valence-corrected chi connectivity index (χ4v) is 2.88. The molecule has 0 radical (unpaired) electrons. The van der Waals surface area contributed by atoms with Gasteiger partial charge in [-0.05, 0) is 30.5 Å². The molecule has 0 fully saturated rings. The van der Waals surface area contributed by atoms with Gasteiger partial charge in [-0.1, -0.05) is 23.7 Å². The Morgan fingerprint density at radius 2 is 2.21 bits per heavy atom. The summed E-state index contributed by atoms with van der Waals surface area (Å²) in [7, 11) is 0. The van der Waals surface area contributed by atoms with Crippen LogP contribution in [0.15, 0.2) is 35.7 Å². The molecule has 0 bridgehead atoms. The number of benzene rings is 1. The monoisotopic (exact) mass is 297 g/mol. The van der Waals surface area contributed by atoms with Crippen LogP contribution in [0.2, 0.25) is 5.02 Å². The first-order valence-corrected chi connectivity index (χ1v) is 7.11. The van der Waals surface area contributed by atoms with E-state index in [4.69, 9.17) is 11.6 Å². The molecule has 2 rings (SSSR count). The van der Waals surface area contributed by atoms with E-state index in [1.165, 1.54) is 23.1 Å². The summed E-state index contributed by atoms with van der Waals surface area (Å²) in [4.78, 5) is 13.2. The fourth-order valence-electron chi connectivity index (χ4n) is 1.79. The molecule has 2 nitrogen and oxygen atoms in total. The Bertz CT molecular complexity index is 551. The van der Waals surface area contributed by atoms with Crippen molar-refractivity contribution in [1.29, 1.82) is 0 Å². The molecule has 1 aromatic heterocycles. The van der Waals surface area contributed by atoms with E-state index in [0.29, 0.717) is 0 Å². The van der Waals surface area contributed by atoms with Gasteiger partial charge < -0.3 is 5.32 Å². The third kappa shape index (κ3) is 3.55. The molecule has 0 saturated carbocycles. The van der Waals surface area contributed by atoms with Crippen LogP contribution in [0.5, 0.6) is 0 Å². The summed E-state index contributed by atoms with van der Waals surface area (Å²) in [6.45, 7) is 1.88. The van der Waals surface area contributed by atoms with Crippen molar-refractivity contribution in [1.82, 2.24) is 5.32 Å². The molecule has 0 aliphatic rings. The molecule has 0 aliphatic heterocycles. The van der Waals surface area contributed by atoms with Gasteiger partial charge >= 0.3 is 0 Å². The van der Waals surface area contributed by atoms with Crippen LogP contribution < -0.4 is 5.32 Å². The molecule has 100 valence electrons. The van der Waals surface area contributed by atoms with E-state index in [-0.39, 0.29) is 16.6 Å². The molecule has 0 spiro atoms. The van der Waals surface area contributed by atoms with Crippen LogP contribution in [0.3, 0.4) is 0 Å². The van der Waals surface area contributed by atoms with Crippen LogP contribution in [-0.2, 0) is 6.42 Å². The van der Waals surface area contributed by atoms with Gasteiger partial charge in [-0.2, -0.15) is 0 Å². The maximum absolute atomic E-state index is 13.6. The summed E-state index contributed by atoms with van der Waals surface area (Å²) in [5, 5.41) is 4.87. The van der Waals surface area contributed by atoms with Gasteiger partial charge in [0.2, 0.25) is 0 Å². The Morgan fingerprint density at radius 1 is 1.42 bits per heavy atom. The third-order valence-corrected chi connectivity index (χ3v) is 3.87. The van der Waals surface area contributed by atoms with E-state index in [2.05, 4.69) is 5.32 Å². The van der Waals surface area contributed by atoms with Crippen molar-refractivity contribution in [3.63, 3.8) is 0 Å². The van der Waals surface area contributed by atoms with Crippen molar-refractivity contribution in [2.45, 2.75) is 19.4 Å². The first-order chi connectivity index (χ1) is 9.08. The Morgan fingerprint density at radius 3 is 2.84 bits per heavy atom. The van der Waals surface area contributed by atoms with Crippen molar-refractivity contribution >= 4 is 28.8 Å². The van der Waals surface area contributed by atoms with Crippen molar-refractivity contribution in [2.75, 3.05) is 0 Å². The van der Waals surface area contributed by atoms with Crippen molar-refractivity contribution in [2.24, 2.45) is 0 Å². The second-order valence-corrected chi connectivity index (χ2v) is 5.69. The van der Waals surface area contributed by atoms with Gasteiger partial charge in [0, 0.05) is 17.3 Å². The molecule has 0 unspecified atom stereocenters. The van der Waals surface area contributed by atoms with E-state index in [1.54, 1.807) is 11.3 Å². The molecular weight excluding hydrogens is 285 g/mol. The minimum Gasteiger partial charge on any atom is -0.349 e. The summed E-state index contributed by atoms with van der Waals surface area (Å²) in [6.07, 6.45) is 0.718. The molecule has 0 saturated heterocycles. The summed E-state index contributed by atoms with van der Waals surface area (Å²) in [5.41, 5.74) is -0.0952. The lowest BCUT2D eigenvalue weighted by Crippen LogP contribution is -2.34. The van der Waals surface area contributed by atoms with Gasteiger partial charge in [-0.3, -0.25) is 4.79 Å². The van der Waals surface area contributed by atoms with Crippen LogP contribution in [-0.4, -0.2) is 11.9 Å². The lowest BCUT2D eigenvalue weighted by atomic mass is 10.1. The average molecular weight is 298 g/mol. The zero-order valence-electron chi connectivity index (χ0n) is 10.3. The summed E-state index contributed by atoms with van der Waals surface area (Å²) in [5.74, 6) is -1.08. The Balaban J connectivity index is 2.04. The zero-order chi connectivity index (χ0) is 13.8. The van der Waals surface area contributed by atoms with Crippen molar-refractivity contribution in [3.8, 4) is 0 Å². The minimum absolute atomic E-state index is 0.0816. The van der Waals surface area contributed by atoms with Crippen LogP contribution in [0.4, 0.5) is 4.39 Å². The van der Waals surface area contributed by atoms with Gasteiger partial charge in [0.15, 0.2) is 0 Å². The zero-order valence-corrected chi connectivity index (χ0v) is 11.9. The van der Waals surface area contributed by atoms with Crippen LogP contribution in [0, 0.1) is 5.82 Å². The SMILES string of the molecule is C[C@@H](Cc1cccs1)NC(=O)c1c(F)cccc1Cl. The minimum atomic E-state index is -0.603. The van der Waals surface area contributed by atoms with Gasteiger partial charge in [-0.25, -0.2) is 4.39 Å². The Labute approximate surface area is 120 Å². The predicted octanol–water partition coefficient (Wildman–Crippen LogP) is 3.90. The quantitative estimate of drug-likeness (QED) is 0.911. The number of halogens is 2. The maximum atomic E-state index is 13.6. The highest BCUT2D eigenvalue weighted by Crippen LogP contribution is 2.19. The molecule has 1 amide bonds. The molecule has 1 heterocycles. The van der Waals surface area contributed by atoms with E-state index in [9.17, 15) is 9.18 Å². The molecule has 2 aromatic rings. The maximum Gasteiger partial charge on any atom is 0.255 e. The van der Waals surface area contributed by atoms with E-state index >= 15 is 0 Å². The summed E-state index contributed by atoms with van der Waals surface area (Å²) in [6, 6.07) is 8.09. The molecule has 1 atom stereocenters. The lowest BCUT2D eigenvalue weighted by molar-refractivity contribution is 0.0936. The number of amides is 1. The second kappa shape index (κ2) is 6.17. The first-order valence-electron chi connectivity index (χ1n) is 5.85. The number of rotatable bonds is 4. The number of hydrogen-bond donors (Lipinski definition) is 1. The highest BCUT2D eigenvalue weighted by Gasteiger charge is 2.17. The van der Waals surface area contributed by atoms with Gasteiger partial charge in [0.25, 0.3) is 5.91 Å². The molecule has 1 aromatic carbocycles. The smallest absolute Gasteiger partial charge is 0.255 e. The van der Waals surface area contributed by atoms with Crippen LogP contribution in [0.1, 0.15) is 22.2 Å². The number of nitrogens with one attached hydrogen (secondary N) is 1. The van der Waals surface area contributed by atoms with Gasteiger partial charge in [0.05, 0.1) is 10.6 Å². The summed E-state index contributed by atoms with van der Waals surface area (Å²) >= 11 is 7.48. The third-order valence-electron chi connectivity index (χ3n) is 2.65. The fraction of sp³-hybridized carbons (Fsp3) is 0.214. The predicted molar refractivity (Wildman–Crippen MR) is 76.4 cm³/mol.